The molecule has 0 saturated carbocycles. The van der Waals surface area contributed by atoms with E-state index in [1.807, 2.05) is 12.3 Å². The fourth-order valence-corrected chi connectivity index (χ4v) is 8.65. The van der Waals surface area contributed by atoms with Crippen molar-refractivity contribution in [2.24, 2.45) is 0 Å². The zero-order valence-corrected chi connectivity index (χ0v) is 30.8. The summed E-state index contributed by atoms with van der Waals surface area (Å²) in [5.41, 5.74) is 14.7. The summed E-state index contributed by atoms with van der Waals surface area (Å²) in [7, 11) is 0. The van der Waals surface area contributed by atoms with E-state index in [1.54, 1.807) is 0 Å². The van der Waals surface area contributed by atoms with Gasteiger partial charge in [0.05, 0.1) is 50.8 Å². The van der Waals surface area contributed by atoms with Crippen molar-refractivity contribution < 1.29 is 0 Å². The van der Waals surface area contributed by atoms with Crippen molar-refractivity contribution >= 4 is 71.6 Å². The molecule has 0 bridgehead atoms. The van der Waals surface area contributed by atoms with Gasteiger partial charge in [-0.1, -0.05) is 127 Å². The molecule has 11 rings (SSSR count). The third-order valence-electron chi connectivity index (χ3n) is 11.2. The largest absolute Gasteiger partial charge is 0.309 e. The Bertz CT molecular complexity index is 3240. The number of aryl methyl sites for hydroxylation is 1. The van der Waals surface area contributed by atoms with Gasteiger partial charge in [-0.15, -0.1) is 0 Å². The van der Waals surface area contributed by atoms with Crippen molar-refractivity contribution in [3.05, 3.63) is 206 Å². The Morgan fingerprint density at radius 2 is 0.964 bits per heavy atom. The zero-order chi connectivity index (χ0) is 37.2. The van der Waals surface area contributed by atoms with E-state index in [9.17, 15) is 0 Å². The normalized spacial score (nSPS) is 11.7. The molecule has 0 N–H and O–H groups in total. The Morgan fingerprint density at radius 1 is 0.429 bits per heavy atom. The minimum Gasteiger partial charge on any atom is -0.309 e. The number of anilines is 3. The molecule has 0 amide bonds. The first-order chi connectivity index (χ1) is 27.7. The van der Waals surface area contributed by atoms with Crippen LogP contribution in [0.1, 0.15) is 5.56 Å². The summed E-state index contributed by atoms with van der Waals surface area (Å²) < 4.78 is 4.78. The Morgan fingerprint density at radius 3 is 1.62 bits per heavy atom. The molecule has 0 atom stereocenters. The van der Waals surface area contributed by atoms with E-state index in [0.29, 0.717) is 0 Å². The Hall–Kier alpha value is -7.43. The predicted octanol–water partition coefficient (Wildman–Crippen LogP) is 13.9. The number of nitrogens with zero attached hydrogens (tertiary/aromatic N) is 4. The van der Waals surface area contributed by atoms with E-state index in [1.165, 1.54) is 43.8 Å². The van der Waals surface area contributed by atoms with Gasteiger partial charge in [0, 0.05) is 38.3 Å². The van der Waals surface area contributed by atoms with Gasteiger partial charge in [0.25, 0.3) is 0 Å². The molecule has 0 spiro atoms. The van der Waals surface area contributed by atoms with Crippen molar-refractivity contribution in [2.45, 2.75) is 6.92 Å². The second-order valence-electron chi connectivity index (χ2n) is 14.5. The molecule has 0 aliphatic heterocycles. The quantitative estimate of drug-likeness (QED) is 0.171. The average Bonchev–Trinajstić information content (AvgIpc) is 3.79. The summed E-state index contributed by atoms with van der Waals surface area (Å²) in [5.74, 6) is 0. The molecule has 56 heavy (non-hydrogen) atoms. The summed E-state index contributed by atoms with van der Waals surface area (Å²) in [4.78, 5) is 7.36. The summed E-state index contributed by atoms with van der Waals surface area (Å²) in [6.07, 6.45) is 2.00. The molecule has 3 heterocycles. The van der Waals surface area contributed by atoms with Crippen LogP contribution in [0, 0.1) is 6.92 Å². The predicted molar refractivity (Wildman–Crippen MR) is 235 cm³/mol. The monoisotopic (exact) mass is 716 g/mol. The Balaban J connectivity index is 1.18. The smallest absolute Gasteiger partial charge is 0.0703 e. The average molecular weight is 717 g/mol. The molecule has 0 aliphatic rings. The van der Waals surface area contributed by atoms with Crippen LogP contribution in [-0.2, 0) is 0 Å². The van der Waals surface area contributed by atoms with Gasteiger partial charge in [-0.2, -0.15) is 0 Å². The number of benzene rings is 8. The van der Waals surface area contributed by atoms with E-state index in [0.717, 1.165) is 55.9 Å². The van der Waals surface area contributed by atoms with E-state index in [-0.39, 0.29) is 0 Å². The first-order valence-electron chi connectivity index (χ1n) is 19.1. The van der Waals surface area contributed by atoms with Gasteiger partial charge in [-0.3, -0.25) is 4.98 Å². The highest BCUT2D eigenvalue weighted by atomic mass is 15.2. The topological polar surface area (TPSA) is 26.0 Å². The molecular formula is C52H36N4. The lowest BCUT2D eigenvalue weighted by Crippen LogP contribution is -2.11. The van der Waals surface area contributed by atoms with Gasteiger partial charge in [-0.25, -0.2) is 0 Å². The van der Waals surface area contributed by atoms with Crippen LogP contribution in [0.2, 0.25) is 0 Å². The van der Waals surface area contributed by atoms with Gasteiger partial charge in [-0.05, 0) is 90.8 Å². The van der Waals surface area contributed by atoms with Crippen molar-refractivity contribution in [3.63, 3.8) is 0 Å². The Labute approximate surface area is 324 Å². The van der Waals surface area contributed by atoms with Crippen LogP contribution in [-0.4, -0.2) is 14.1 Å². The SMILES string of the molecule is Cc1ccc(N(c2cccc3c2c2ccccc2n3-c2ccc(-c3ccccc3)cc2)c2cccc3c2c2ccccc2n3-c2cnc3ccccc3c2)cc1. The molecule has 4 heteroatoms. The van der Waals surface area contributed by atoms with Crippen LogP contribution < -0.4 is 4.90 Å². The van der Waals surface area contributed by atoms with Crippen LogP contribution in [0.25, 0.3) is 77.0 Å². The van der Waals surface area contributed by atoms with Gasteiger partial charge in [0.1, 0.15) is 0 Å². The van der Waals surface area contributed by atoms with Gasteiger partial charge in [0.15, 0.2) is 0 Å². The number of hydrogen-bond acceptors (Lipinski definition) is 2. The third-order valence-corrected chi connectivity index (χ3v) is 11.2. The maximum Gasteiger partial charge on any atom is 0.0703 e. The van der Waals surface area contributed by atoms with E-state index >= 15 is 0 Å². The molecule has 4 nitrogen and oxygen atoms in total. The number of fused-ring (bicyclic) bond motifs is 7. The molecule has 0 aliphatic carbocycles. The first-order valence-corrected chi connectivity index (χ1v) is 19.1. The van der Waals surface area contributed by atoms with Crippen molar-refractivity contribution in [1.82, 2.24) is 14.1 Å². The second-order valence-corrected chi connectivity index (χ2v) is 14.5. The summed E-state index contributed by atoms with van der Waals surface area (Å²) in [6.45, 7) is 2.15. The number of rotatable bonds is 6. The fourth-order valence-electron chi connectivity index (χ4n) is 8.65. The highest BCUT2D eigenvalue weighted by Crippen LogP contribution is 2.48. The minimum atomic E-state index is 0.989. The lowest BCUT2D eigenvalue weighted by atomic mass is 10.0. The highest BCUT2D eigenvalue weighted by molar-refractivity contribution is 6.20. The van der Waals surface area contributed by atoms with E-state index in [2.05, 4.69) is 209 Å². The third kappa shape index (κ3) is 5.04. The van der Waals surface area contributed by atoms with Crippen LogP contribution in [0.5, 0.6) is 0 Å². The van der Waals surface area contributed by atoms with Crippen molar-refractivity contribution in [3.8, 4) is 22.5 Å². The van der Waals surface area contributed by atoms with Gasteiger partial charge in [0.2, 0.25) is 0 Å². The minimum absolute atomic E-state index is 0.989. The van der Waals surface area contributed by atoms with Crippen LogP contribution >= 0.6 is 0 Å². The number of aromatic nitrogens is 3. The van der Waals surface area contributed by atoms with Crippen molar-refractivity contribution in [1.29, 1.82) is 0 Å². The molecule has 0 unspecified atom stereocenters. The second kappa shape index (κ2) is 12.9. The van der Waals surface area contributed by atoms with E-state index < -0.39 is 0 Å². The molecule has 264 valence electrons. The molecular weight excluding hydrogens is 681 g/mol. The number of pyridine rings is 1. The van der Waals surface area contributed by atoms with Gasteiger partial charge < -0.3 is 14.0 Å². The summed E-state index contributed by atoms with van der Waals surface area (Å²) >= 11 is 0. The molecule has 8 aromatic carbocycles. The maximum atomic E-state index is 4.89. The molecule has 3 aromatic heterocycles. The Kier molecular flexibility index (Phi) is 7.36. The highest BCUT2D eigenvalue weighted by Gasteiger charge is 2.24. The first kappa shape index (κ1) is 32.0. The summed E-state index contributed by atoms with van der Waals surface area (Å²) in [5, 5.41) is 5.91. The zero-order valence-electron chi connectivity index (χ0n) is 30.8. The molecule has 0 radical (unpaired) electrons. The van der Waals surface area contributed by atoms with Gasteiger partial charge >= 0.3 is 0 Å². The lowest BCUT2D eigenvalue weighted by molar-refractivity contribution is 1.16. The molecule has 0 fully saturated rings. The van der Waals surface area contributed by atoms with Crippen LogP contribution in [0.15, 0.2) is 200 Å². The lowest BCUT2D eigenvalue weighted by Gasteiger charge is -2.27. The fraction of sp³-hybridized carbons (Fsp3) is 0.0192. The van der Waals surface area contributed by atoms with Crippen molar-refractivity contribution in [2.75, 3.05) is 4.90 Å². The molecule has 11 aromatic rings. The van der Waals surface area contributed by atoms with Crippen LogP contribution in [0.4, 0.5) is 17.1 Å². The standard InChI is InChI=1S/C52H36N4/c1-35-25-29-39(30-26-35)55(49-23-12-24-50-52(49)43-17-7-10-20-46(43)56(50)41-33-38-15-5-8-18-44(38)53-34-41)48-22-11-21-47-51(48)42-16-6-9-19-45(42)54(47)40-31-27-37(28-32-40)36-13-3-2-4-14-36/h2-34H,1H3. The summed E-state index contributed by atoms with van der Waals surface area (Å²) in [6, 6.07) is 70.1. The number of hydrogen-bond donors (Lipinski definition) is 0. The van der Waals surface area contributed by atoms with Crippen LogP contribution in [0.3, 0.4) is 0 Å². The number of para-hydroxylation sites is 3. The maximum absolute atomic E-state index is 4.89. The van der Waals surface area contributed by atoms with E-state index in [4.69, 9.17) is 4.98 Å². The molecule has 0 saturated heterocycles.